The molecular weight excluding hydrogens is 322 g/mol. The first-order chi connectivity index (χ1) is 11.8. The number of nitrogens with zero attached hydrogens (tertiary/aromatic N) is 2. The Hall–Kier alpha value is -1.76. The molecule has 1 N–H and O–H groups in total. The first-order valence-electron chi connectivity index (χ1n) is 8.26. The zero-order valence-electron chi connectivity index (χ0n) is 13.5. The summed E-state index contributed by atoms with van der Waals surface area (Å²) < 4.78 is 5.67. The Morgan fingerprint density at radius 1 is 1.46 bits per heavy atom. The van der Waals surface area contributed by atoms with Gasteiger partial charge in [0.2, 0.25) is 5.91 Å². The number of hydrogen-bond donors (Lipinski definition) is 1. The SMILES string of the molecule is O=C(NCc1cccnc1)[C@]12COC[C@H]1CN(Cc1cccs1)C2. The second kappa shape index (κ2) is 6.63. The summed E-state index contributed by atoms with van der Waals surface area (Å²) in [7, 11) is 0. The van der Waals surface area contributed by atoms with Gasteiger partial charge in [-0.1, -0.05) is 12.1 Å². The molecule has 2 aliphatic heterocycles. The number of amides is 1. The van der Waals surface area contributed by atoms with Crippen LogP contribution < -0.4 is 5.32 Å². The van der Waals surface area contributed by atoms with E-state index >= 15 is 0 Å². The maximum absolute atomic E-state index is 12.9. The Morgan fingerprint density at radius 2 is 2.42 bits per heavy atom. The van der Waals surface area contributed by atoms with Crippen molar-refractivity contribution < 1.29 is 9.53 Å². The number of pyridine rings is 1. The Labute approximate surface area is 145 Å². The molecule has 2 saturated heterocycles. The predicted octanol–water partition coefficient (Wildman–Crippen LogP) is 1.91. The van der Waals surface area contributed by atoms with Crippen LogP contribution in [0.25, 0.3) is 0 Å². The number of aromatic nitrogens is 1. The summed E-state index contributed by atoms with van der Waals surface area (Å²) in [5, 5.41) is 5.20. The molecule has 0 spiro atoms. The minimum absolute atomic E-state index is 0.113. The molecule has 4 heterocycles. The van der Waals surface area contributed by atoms with Gasteiger partial charge in [-0.15, -0.1) is 11.3 Å². The molecule has 0 unspecified atom stereocenters. The third-order valence-corrected chi connectivity index (χ3v) is 5.89. The topological polar surface area (TPSA) is 54.5 Å². The number of likely N-dealkylation sites (tertiary alicyclic amines) is 1. The van der Waals surface area contributed by atoms with Gasteiger partial charge in [0.1, 0.15) is 0 Å². The van der Waals surface area contributed by atoms with Gasteiger partial charge in [0.05, 0.1) is 18.6 Å². The summed E-state index contributed by atoms with van der Waals surface area (Å²) in [5.74, 6) is 0.397. The van der Waals surface area contributed by atoms with Crippen LogP contribution in [0.15, 0.2) is 42.0 Å². The van der Waals surface area contributed by atoms with Crippen LogP contribution in [0.3, 0.4) is 0 Å². The maximum atomic E-state index is 12.9. The third-order valence-electron chi connectivity index (χ3n) is 5.03. The molecule has 2 fully saturated rings. The molecule has 0 saturated carbocycles. The number of hydrogen-bond acceptors (Lipinski definition) is 5. The third kappa shape index (κ3) is 2.97. The molecule has 5 nitrogen and oxygen atoms in total. The van der Waals surface area contributed by atoms with E-state index in [-0.39, 0.29) is 11.8 Å². The first-order valence-corrected chi connectivity index (χ1v) is 9.14. The predicted molar refractivity (Wildman–Crippen MR) is 92.4 cm³/mol. The lowest BCUT2D eigenvalue weighted by atomic mass is 9.80. The summed E-state index contributed by atoms with van der Waals surface area (Å²) >= 11 is 1.77. The average Bonchev–Trinajstić information content (AvgIpc) is 3.30. The van der Waals surface area contributed by atoms with E-state index in [0.717, 1.165) is 25.2 Å². The summed E-state index contributed by atoms with van der Waals surface area (Å²) in [6.45, 7) is 4.35. The van der Waals surface area contributed by atoms with Gasteiger partial charge in [0.25, 0.3) is 0 Å². The van der Waals surface area contributed by atoms with Crippen molar-refractivity contribution in [1.29, 1.82) is 0 Å². The molecule has 24 heavy (non-hydrogen) atoms. The quantitative estimate of drug-likeness (QED) is 0.901. The van der Waals surface area contributed by atoms with Gasteiger partial charge in [0.15, 0.2) is 0 Å². The Kier molecular flexibility index (Phi) is 4.35. The highest BCUT2D eigenvalue weighted by atomic mass is 32.1. The molecular formula is C18H21N3O2S. The van der Waals surface area contributed by atoms with E-state index in [1.54, 1.807) is 23.7 Å². The summed E-state index contributed by atoms with van der Waals surface area (Å²) in [6, 6.07) is 8.10. The van der Waals surface area contributed by atoms with Crippen LogP contribution in [0.1, 0.15) is 10.4 Å². The van der Waals surface area contributed by atoms with E-state index < -0.39 is 5.41 Å². The number of carbonyl (C=O) groups excluding carboxylic acids is 1. The minimum atomic E-state index is -0.403. The molecule has 0 radical (unpaired) electrons. The van der Waals surface area contributed by atoms with Crippen LogP contribution in [-0.4, -0.2) is 42.1 Å². The molecule has 0 aliphatic carbocycles. The molecule has 0 bridgehead atoms. The fourth-order valence-electron chi connectivity index (χ4n) is 3.77. The van der Waals surface area contributed by atoms with Crippen LogP contribution in [0, 0.1) is 11.3 Å². The monoisotopic (exact) mass is 343 g/mol. The lowest BCUT2D eigenvalue weighted by Crippen LogP contribution is -2.46. The van der Waals surface area contributed by atoms with Crippen molar-refractivity contribution in [2.24, 2.45) is 11.3 Å². The van der Waals surface area contributed by atoms with Crippen LogP contribution in [0.5, 0.6) is 0 Å². The molecule has 0 aromatic carbocycles. The highest BCUT2D eigenvalue weighted by Gasteiger charge is 2.55. The maximum Gasteiger partial charge on any atom is 0.230 e. The van der Waals surface area contributed by atoms with Crippen molar-refractivity contribution in [1.82, 2.24) is 15.2 Å². The molecule has 126 valence electrons. The van der Waals surface area contributed by atoms with Crippen LogP contribution >= 0.6 is 11.3 Å². The normalized spacial score (nSPS) is 26.4. The molecule has 4 rings (SSSR count). The number of ether oxygens (including phenoxy) is 1. The fourth-order valence-corrected chi connectivity index (χ4v) is 4.51. The zero-order valence-corrected chi connectivity index (χ0v) is 14.3. The highest BCUT2D eigenvalue weighted by Crippen LogP contribution is 2.42. The van der Waals surface area contributed by atoms with Crippen molar-refractivity contribution in [2.75, 3.05) is 26.3 Å². The van der Waals surface area contributed by atoms with Crippen molar-refractivity contribution in [3.05, 3.63) is 52.5 Å². The first kappa shape index (κ1) is 15.7. The molecule has 2 atom stereocenters. The van der Waals surface area contributed by atoms with Crippen molar-refractivity contribution in [2.45, 2.75) is 13.1 Å². The number of fused-ring (bicyclic) bond motifs is 1. The standard InChI is InChI=1S/C18H21N3O2S/c22-17(20-8-14-3-1-5-19-7-14)18-12-21(9-15(18)11-23-13-18)10-16-4-2-6-24-16/h1-7,15H,8-13H2,(H,20,22)/t15-,18-/m1/s1. The van der Waals surface area contributed by atoms with Gasteiger partial charge in [-0.2, -0.15) is 0 Å². The van der Waals surface area contributed by atoms with Crippen molar-refractivity contribution >= 4 is 17.2 Å². The second-order valence-electron chi connectivity index (χ2n) is 6.66. The fraction of sp³-hybridized carbons (Fsp3) is 0.444. The Morgan fingerprint density at radius 3 is 3.21 bits per heavy atom. The van der Waals surface area contributed by atoms with E-state index in [9.17, 15) is 4.79 Å². The van der Waals surface area contributed by atoms with Gasteiger partial charge in [-0.25, -0.2) is 0 Å². The van der Waals surface area contributed by atoms with E-state index in [4.69, 9.17) is 4.74 Å². The van der Waals surface area contributed by atoms with Gasteiger partial charge >= 0.3 is 0 Å². The molecule has 2 aliphatic rings. The summed E-state index contributed by atoms with van der Waals surface area (Å²) in [6.07, 6.45) is 3.53. The van der Waals surface area contributed by atoms with Crippen LogP contribution in [0.2, 0.25) is 0 Å². The zero-order chi connectivity index (χ0) is 16.4. The van der Waals surface area contributed by atoms with E-state index in [2.05, 4.69) is 32.7 Å². The minimum Gasteiger partial charge on any atom is -0.380 e. The second-order valence-corrected chi connectivity index (χ2v) is 7.69. The Bertz CT molecular complexity index is 692. The van der Waals surface area contributed by atoms with Gasteiger partial charge in [-0.05, 0) is 23.1 Å². The molecule has 2 aromatic heterocycles. The number of carbonyl (C=O) groups is 1. The smallest absolute Gasteiger partial charge is 0.230 e. The molecule has 2 aromatic rings. The molecule has 1 amide bonds. The number of rotatable bonds is 5. The lowest BCUT2D eigenvalue weighted by Gasteiger charge is -2.26. The van der Waals surface area contributed by atoms with Gasteiger partial charge in [0, 0.05) is 49.4 Å². The Balaban J connectivity index is 1.42. The number of thiophene rings is 1. The lowest BCUT2D eigenvalue weighted by molar-refractivity contribution is -0.131. The van der Waals surface area contributed by atoms with E-state index in [1.165, 1.54) is 4.88 Å². The van der Waals surface area contributed by atoms with Gasteiger partial charge < -0.3 is 10.1 Å². The van der Waals surface area contributed by atoms with Crippen molar-refractivity contribution in [3.8, 4) is 0 Å². The largest absolute Gasteiger partial charge is 0.380 e. The summed E-state index contributed by atoms with van der Waals surface area (Å²) in [4.78, 5) is 20.8. The van der Waals surface area contributed by atoms with Crippen LogP contribution in [-0.2, 0) is 22.6 Å². The van der Waals surface area contributed by atoms with E-state index in [1.807, 2.05) is 12.1 Å². The van der Waals surface area contributed by atoms with Crippen LogP contribution in [0.4, 0.5) is 0 Å². The summed E-state index contributed by atoms with van der Waals surface area (Å²) in [5.41, 5.74) is 0.616. The van der Waals surface area contributed by atoms with Crippen molar-refractivity contribution in [3.63, 3.8) is 0 Å². The van der Waals surface area contributed by atoms with E-state index in [0.29, 0.717) is 19.8 Å². The highest BCUT2D eigenvalue weighted by molar-refractivity contribution is 7.09. The van der Waals surface area contributed by atoms with Gasteiger partial charge in [-0.3, -0.25) is 14.7 Å². The average molecular weight is 343 g/mol. The number of nitrogens with one attached hydrogen (secondary N) is 1. The molecule has 6 heteroatoms.